The molecule has 0 aromatic heterocycles. The van der Waals surface area contributed by atoms with Gasteiger partial charge >= 0.3 is 0 Å². The number of hydrogen-bond donors (Lipinski definition) is 0. The first-order valence-electron chi connectivity index (χ1n) is 7.21. The van der Waals surface area contributed by atoms with Crippen LogP contribution in [0.2, 0.25) is 0 Å². The van der Waals surface area contributed by atoms with Crippen LogP contribution in [0.3, 0.4) is 0 Å². The van der Waals surface area contributed by atoms with Crippen molar-refractivity contribution in [2.24, 2.45) is 0 Å². The molecule has 106 valence electrons. The molecule has 0 amide bonds. The number of para-hydroxylation sites is 1. The molecule has 0 bridgehead atoms. The molecule has 1 saturated heterocycles. The van der Waals surface area contributed by atoms with Crippen LogP contribution in [-0.2, 0) is 0 Å². The molecule has 1 aliphatic heterocycles. The van der Waals surface area contributed by atoms with Crippen LogP contribution >= 0.6 is 0 Å². The summed E-state index contributed by atoms with van der Waals surface area (Å²) in [6.45, 7) is 11.7. The molecule has 0 saturated carbocycles. The molecule has 0 spiro atoms. The maximum absolute atomic E-state index is 9.19. The lowest BCUT2D eigenvalue weighted by Gasteiger charge is -2.36. The Morgan fingerprint density at radius 2 is 1.75 bits per heavy atom. The third-order valence-corrected chi connectivity index (χ3v) is 4.05. The molecule has 0 radical (unpaired) electrons. The van der Waals surface area contributed by atoms with Crippen molar-refractivity contribution in [3.05, 3.63) is 41.0 Å². The van der Waals surface area contributed by atoms with E-state index in [2.05, 4.69) is 42.7 Å². The second kappa shape index (κ2) is 6.58. The Morgan fingerprint density at radius 1 is 1.10 bits per heavy atom. The summed E-state index contributed by atoms with van der Waals surface area (Å²) in [6.07, 6.45) is 0. The van der Waals surface area contributed by atoms with Crippen LogP contribution in [0.5, 0.6) is 0 Å². The van der Waals surface area contributed by atoms with E-state index in [-0.39, 0.29) is 0 Å². The number of nitriles is 1. The molecule has 3 nitrogen and oxygen atoms in total. The molecular formula is C17H23N3. The van der Waals surface area contributed by atoms with Crippen LogP contribution in [0.15, 0.2) is 35.4 Å². The van der Waals surface area contributed by atoms with Gasteiger partial charge in [-0.2, -0.15) is 5.26 Å². The molecule has 2 rings (SSSR count). The third kappa shape index (κ3) is 3.40. The van der Waals surface area contributed by atoms with Gasteiger partial charge in [0, 0.05) is 32.7 Å². The summed E-state index contributed by atoms with van der Waals surface area (Å²) in [5.41, 5.74) is 4.74. The summed E-state index contributed by atoms with van der Waals surface area (Å²) in [5.74, 6) is 0. The standard InChI is InChI=1S/C17H23N3/c1-14(2)15(3)13-19-8-10-20(11-9-19)17-7-5-4-6-16(17)12-18/h4-7H,8-11,13H2,1-3H3. The highest BCUT2D eigenvalue weighted by Gasteiger charge is 2.19. The second-order valence-corrected chi connectivity index (χ2v) is 5.67. The molecule has 0 atom stereocenters. The predicted octanol–water partition coefficient (Wildman–Crippen LogP) is 3.04. The molecule has 0 aliphatic carbocycles. The zero-order chi connectivity index (χ0) is 14.5. The van der Waals surface area contributed by atoms with Gasteiger partial charge in [0.05, 0.1) is 11.3 Å². The summed E-state index contributed by atoms with van der Waals surface area (Å²) in [4.78, 5) is 4.82. The van der Waals surface area contributed by atoms with Gasteiger partial charge in [0.15, 0.2) is 0 Å². The van der Waals surface area contributed by atoms with E-state index in [1.54, 1.807) is 0 Å². The summed E-state index contributed by atoms with van der Waals surface area (Å²) in [6, 6.07) is 10.2. The smallest absolute Gasteiger partial charge is 0.101 e. The van der Waals surface area contributed by atoms with E-state index in [1.807, 2.05) is 18.2 Å². The number of benzene rings is 1. The normalized spacial score (nSPS) is 15.8. The number of rotatable bonds is 3. The Balaban J connectivity index is 1.98. The fraction of sp³-hybridized carbons (Fsp3) is 0.471. The first-order chi connectivity index (χ1) is 9.61. The Labute approximate surface area is 122 Å². The number of nitrogens with zero attached hydrogens (tertiary/aromatic N) is 3. The van der Waals surface area contributed by atoms with Gasteiger partial charge in [-0.1, -0.05) is 23.3 Å². The van der Waals surface area contributed by atoms with E-state index >= 15 is 0 Å². The minimum absolute atomic E-state index is 0.779. The largest absolute Gasteiger partial charge is 0.368 e. The van der Waals surface area contributed by atoms with Gasteiger partial charge in [-0.15, -0.1) is 0 Å². The maximum Gasteiger partial charge on any atom is 0.101 e. The highest BCUT2D eigenvalue weighted by Crippen LogP contribution is 2.21. The van der Waals surface area contributed by atoms with E-state index in [9.17, 15) is 5.26 Å². The molecule has 1 aromatic carbocycles. The van der Waals surface area contributed by atoms with E-state index in [0.717, 1.165) is 44.0 Å². The van der Waals surface area contributed by atoms with Gasteiger partial charge in [-0.3, -0.25) is 4.90 Å². The van der Waals surface area contributed by atoms with Gasteiger partial charge < -0.3 is 4.90 Å². The first kappa shape index (κ1) is 14.6. The van der Waals surface area contributed by atoms with E-state index < -0.39 is 0 Å². The minimum atomic E-state index is 0.779. The van der Waals surface area contributed by atoms with Gasteiger partial charge in [-0.05, 0) is 32.9 Å². The lowest BCUT2D eigenvalue weighted by atomic mass is 10.1. The fourth-order valence-corrected chi connectivity index (χ4v) is 2.48. The highest BCUT2D eigenvalue weighted by atomic mass is 15.3. The lowest BCUT2D eigenvalue weighted by Crippen LogP contribution is -2.47. The zero-order valence-corrected chi connectivity index (χ0v) is 12.7. The van der Waals surface area contributed by atoms with Crippen molar-refractivity contribution in [1.29, 1.82) is 5.26 Å². The first-order valence-corrected chi connectivity index (χ1v) is 7.21. The van der Waals surface area contributed by atoms with Crippen molar-refractivity contribution in [1.82, 2.24) is 4.90 Å². The molecule has 1 heterocycles. The Hall–Kier alpha value is -1.79. The maximum atomic E-state index is 9.19. The van der Waals surface area contributed by atoms with Crippen molar-refractivity contribution in [3.63, 3.8) is 0 Å². The molecule has 20 heavy (non-hydrogen) atoms. The lowest BCUT2D eigenvalue weighted by molar-refractivity contribution is 0.277. The molecule has 3 heteroatoms. The summed E-state index contributed by atoms with van der Waals surface area (Å²) in [7, 11) is 0. The summed E-state index contributed by atoms with van der Waals surface area (Å²) < 4.78 is 0. The number of hydrogen-bond acceptors (Lipinski definition) is 3. The third-order valence-electron chi connectivity index (χ3n) is 4.05. The quantitative estimate of drug-likeness (QED) is 0.790. The van der Waals surface area contributed by atoms with Gasteiger partial charge in [-0.25, -0.2) is 0 Å². The topological polar surface area (TPSA) is 30.3 Å². The average molecular weight is 269 g/mol. The van der Waals surface area contributed by atoms with Gasteiger partial charge in [0.25, 0.3) is 0 Å². The SMILES string of the molecule is CC(C)=C(C)CN1CCN(c2ccccc2C#N)CC1. The number of allylic oxidation sites excluding steroid dienone is 1. The number of anilines is 1. The summed E-state index contributed by atoms with van der Waals surface area (Å²) in [5, 5.41) is 9.19. The Morgan fingerprint density at radius 3 is 2.35 bits per heavy atom. The Bertz CT molecular complexity index is 527. The predicted molar refractivity (Wildman–Crippen MR) is 83.9 cm³/mol. The van der Waals surface area contributed by atoms with Crippen LogP contribution in [0, 0.1) is 11.3 Å². The van der Waals surface area contributed by atoms with E-state index in [0.29, 0.717) is 0 Å². The van der Waals surface area contributed by atoms with Crippen molar-refractivity contribution in [2.75, 3.05) is 37.6 Å². The van der Waals surface area contributed by atoms with Crippen LogP contribution in [0.25, 0.3) is 0 Å². The van der Waals surface area contributed by atoms with Crippen molar-refractivity contribution in [2.45, 2.75) is 20.8 Å². The molecule has 1 aliphatic rings. The monoisotopic (exact) mass is 269 g/mol. The molecular weight excluding hydrogens is 246 g/mol. The van der Waals surface area contributed by atoms with Crippen molar-refractivity contribution in [3.8, 4) is 6.07 Å². The minimum Gasteiger partial charge on any atom is -0.368 e. The van der Waals surface area contributed by atoms with Crippen LogP contribution in [0.4, 0.5) is 5.69 Å². The average Bonchev–Trinajstić information content (AvgIpc) is 2.48. The van der Waals surface area contributed by atoms with E-state index in [4.69, 9.17) is 0 Å². The summed E-state index contributed by atoms with van der Waals surface area (Å²) >= 11 is 0. The van der Waals surface area contributed by atoms with Crippen LogP contribution in [-0.4, -0.2) is 37.6 Å². The molecule has 0 N–H and O–H groups in total. The van der Waals surface area contributed by atoms with Crippen LogP contribution < -0.4 is 4.90 Å². The number of piperazine rings is 1. The van der Waals surface area contributed by atoms with Gasteiger partial charge in [0.1, 0.15) is 6.07 Å². The van der Waals surface area contributed by atoms with Gasteiger partial charge in [0.2, 0.25) is 0 Å². The van der Waals surface area contributed by atoms with E-state index in [1.165, 1.54) is 11.1 Å². The highest BCUT2D eigenvalue weighted by molar-refractivity contribution is 5.59. The Kier molecular flexibility index (Phi) is 4.81. The molecule has 0 unspecified atom stereocenters. The molecule has 1 aromatic rings. The fourth-order valence-electron chi connectivity index (χ4n) is 2.48. The second-order valence-electron chi connectivity index (χ2n) is 5.67. The van der Waals surface area contributed by atoms with Crippen molar-refractivity contribution < 1.29 is 0 Å². The van der Waals surface area contributed by atoms with Crippen LogP contribution in [0.1, 0.15) is 26.3 Å². The van der Waals surface area contributed by atoms with Crippen molar-refractivity contribution >= 4 is 5.69 Å². The molecule has 1 fully saturated rings. The zero-order valence-electron chi connectivity index (χ0n) is 12.7.